The monoisotopic (exact) mass is 144 g/mol. The summed E-state index contributed by atoms with van der Waals surface area (Å²) in [6.45, 7) is 2.87. The Morgan fingerprint density at radius 1 is 1.60 bits per heavy atom. The summed E-state index contributed by atoms with van der Waals surface area (Å²) in [4.78, 5) is 2.18. The van der Waals surface area contributed by atoms with Gasteiger partial charge in [-0.3, -0.25) is 5.32 Å². The lowest BCUT2D eigenvalue weighted by atomic mass is 10.2. The highest BCUT2D eigenvalue weighted by molar-refractivity contribution is 4.66. The highest BCUT2D eigenvalue weighted by Gasteiger charge is 2.13. The van der Waals surface area contributed by atoms with Crippen molar-refractivity contribution in [3.63, 3.8) is 0 Å². The molecule has 0 amide bonds. The third kappa shape index (κ3) is 2.64. The first-order valence-corrected chi connectivity index (χ1v) is 3.76. The first kappa shape index (κ1) is 7.98. The summed E-state index contributed by atoms with van der Waals surface area (Å²) >= 11 is 0. The van der Waals surface area contributed by atoms with Gasteiger partial charge in [-0.2, -0.15) is 0 Å². The van der Waals surface area contributed by atoms with Crippen LogP contribution in [-0.2, 0) is 4.74 Å². The van der Waals surface area contributed by atoms with Crippen LogP contribution >= 0.6 is 0 Å². The van der Waals surface area contributed by atoms with Gasteiger partial charge in [0.15, 0.2) is 0 Å². The van der Waals surface area contributed by atoms with Crippen LogP contribution in [0, 0.1) is 0 Å². The van der Waals surface area contributed by atoms with Gasteiger partial charge in [0.05, 0.1) is 12.8 Å². The fraction of sp³-hybridized carbons (Fsp3) is 1.00. The molecular formula is C7H16N2O. The van der Waals surface area contributed by atoms with Crippen LogP contribution in [0.5, 0.6) is 0 Å². The molecule has 0 bridgehead atoms. The van der Waals surface area contributed by atoms with E-state index in [0.29, 0.717) is 6.10 Å². The smallest absolute Gasteiger partial charge is 0.0970 e. The number of rotatable bonds is 3. The molecule has 1 aliphatic heterocycles. The fourth-order valence-electron chi connectivity index (χ4n) is 1.04. The summed E-state index contributed by atoms with van der Waals surface area (Å²) in [6, 6.07) is 0. The highest BCUT2D eigenvalue weighted by Crippen LogP contribution is 2.01. The van der Waals surface area contributed by atoms with Crippen molar-refractivity contribution >= 4 is 0 Å². The molecule has 0 aromatic heterocycles. The van der Waals surface area contributed by atoms with E-state index < -0.39 is 0 Å². The second kappa shape index (κ2) is 3.91. The minimum absolute atomic E-state index is 0.447. The van der Waals surface area contributed by atoms with E-state index in [1.54, 1.807) is 0 Å². The van der Waals surface area contributed by atoms with Gasteiger partial charge in [-0.25, -0.2) is 0 Å². The molecule has 1 saturated heterocycles. The summed E-state index contributed by atoms with van der Waals surface area (Å²) in [6.07, 6.45) is 1.59. The zero-order valence-electron chi connectivity index (χ0n) is 6.76. The number of nitrogens with zero attached hydrogens (tertiary/aromatic N) is 1. The minimum Gasteiger partial charge on any atom is -0.362 e. The van der Waals surface area contributed by atoms with Crippen LogP contribution < -0.4 is 5.32 Å². The third-order valence-electron chi connectivity index (χ3n) is 1.69. The van der Waals surface area contributed by atoms with Crippen LogP contribution in [0.25, 0.3) is 0 Å². The Kier molecular flexibility index (Phi) is 3.12. The van der Waals surface area contributed by atoms with Crippen molar-refractivity contribution in [2.45, 2.75) is 12.5 Å². The Morgan fingerprint density at radius 2 is 2.40 bits per heavy atom. The lowest BCUT2D eigenvalue weighted by molar-refractivity contribution is 0.100. The van der Waals surface area contributed by atoms with Crippen molar-refractivity contribution in [2.24, 2.45) is 0 Å². The van der Waals surface area contributed by atoms with Crippen LogP contribution in [0.3, 0.4) is 0 Å². The van der Waals surface area contributed by atoms with E-state index >= 15 is 0 Å². The molecule has 0 aliphatic carbocycles. The topological polar surface area (TPSA) is 24.5 Å². The maximum absolute atomic E-state index is 5.37. The van der Waals surface area contributed by atoms with Crippen LogP contribution in [0.15, 0.2) is 0 Å². The average molecular weight is 144 g/mol. The van der Waals surface area contributed by atoms with E-state index in [4.69, 9.17) is 4.74 Å². The molecule has 1 aliphatic rings. The molecule has 1 fully saturated rings. The Hall–Kier alpha value is -0.120. The molecule has 3 heteroatoms. The molecule has 0 saturated carbocycles. The van der Waals surface area contributed by atoms with Gasteiger partial charge in [-0.05, 0) is 20.5 Å². The van der Waals surface area contributed by atoms with E-state index in [2.05, 4.69) is 24.3 Å². The van der Waals surface area contributed by atoms with Gasteiger partial charge < -0.3 is 9.64 Å². The summed E-state index contributed by atoms with van der Waals surface area (Å²) in [5.41, 5.74) is 0. The van der Waals surface area contributed by atoms with Crippen LogP contribution in [0.1, 0.15) is 6.42 Å². The molecule has 0 aromatic carbocycles. The van der Waals surface area contributed by atoms with Crippen molar-refractivity contribution < 1.29 is 4.74 Å². The van der Waals surface area contributed by atoms with Crippen molar-refractivity contribution in [1.82, 2.24) is 10.2 Å². The van der Waals surface area contributed by atoms with Crippen molar-refractivity contribution in [3.8, 4) is 0 Å². The van der Waals surface area contributed by atoms with Crippen molar-refractivity contribution in [3.05, 3.63) is 0 Å². The molecule has 3 nitrogen and oxygen atoms in total. The first-order valence-electron chi connectivity index (χ1n) is 3.76. The summed E-state index contributed by atoms with van der Waals surface area (Å²) in [5.74, 6) is 0. The number of nitrogens with one attached hydrogen (secondary N) is 1. The molecule has 1 unspecified atom stereocenters. The van der Waals surface area contributed by atoms with Gasteiger partial charge in [0.2, 0.25) is 0 Å². The molecular weight excluding hydrogens is 128 g/mol. The highest BCUT2D eigenvalue weighted by atomic mass is 16.5. The van der Waals surface area contributed by atoms with E-state index in [1.165, 1.54) is 0 Å². The number of hydrogen-bond acceptors (Lipinski definition) is 3. The Morgan fingerprint density at radius 3 is 2.90 bits per heavy atom. The molecule has 0 aromatic rings. The molecule has 60 valence electrons. The number of ether oxygens (including phenoxy) is 1. The predicted octanol–water partition coefficient (Wildman–Crippen LogP) is -0.116. The van der Waals surface area contributed by atoms with Gasteiger partial charge in [0.25, 0.3) is 0 Å². The lowest BCUT2D eigenvalue weighted by Crippen LogP contribution is -2.21. The Balaban J connectivity index is 2.01. The van der Waals surface area contributed by atoms with Crippen LogP contribution in [-0.4, -0.2) is 44.9 Å². The Bertz CT molecular complexity index is 89.6. The van der Waals surface area contributed by atoms with Crippen LogP contribution in [0.4, 0.5) is 0 Å². The van der Waals surface area contributed by atoms with Crippen molar-refractivity contribution in [1.29, 1.82) is 0 Å². The second-order valence-corrected chi connectivity index (χ2v) is 2.98. The summed E-state index contributed by atoms with van der Waals surface area (Å²) < 4.78 is 5.37. The quantitative estimate of drug-likeness (QED) is 0.598. The summed E-state index contributed by atoms with van der Waals surface area (Å²) in [7, 11) is 4.17. The van der Waals surface area contributed by atoms with Gasteiger partial charge >= 0.3 is 0 Å². The minimum atomic E-state index is 0.447. The van der Waals surface area contributed by atoms with E-state index in [-0.39, 0.29) is 0 Å². The Labute approximate surface area is 62.3 Å². The fourth-order valence-corrected chi connectivity index (χ4v) is 1.04. The number of hydrogen-bond donors (Lipinski definition) is 1. The molecule has 0 radical (unpaired) electrons. The second-order valence-electron chi connectivity index (χ2n) is 2.98. The zero-order valence-corrected chi connectivity index (χ0v) is 6.76. The third-order valence-corrected chi connectivity index (χ3v) is 1.69. The molecule has 1 heterocycles. The molecule has 1 rings (SSSR count). The first-order chi connectivity index (χ1) is 4.79. The largest absolute Gasteiger partial charge is 0.362 e. The molecule has 1 atom stereocenters. The van der Waals surface area contributed by atoms with E-state index in [0.717, 1.165) is 26.2 Å². The van der Waals surface area contributed by atoms with Gasteiger partial charge in [-0.1, -0.05) is 0 Å². The molecule has 10 heavy (non-hydrogen) atoms. The average Bonchev–Trinajstić information content (AvgIpc) is 2.34. The zero-order chi connectivity index (χ0) is 7.40. The van der Waals surface area contributed by atoms with Gasteiger partial charge in [0.1, 0.15) is 0 Å². The predicted molar refractivity (Wildman–Crippen MR) is 40.9 cm³/mol. The molecule has 1 N–H and O–H groups in total. The van der Waals surface area contributed by atoms with E-state index in [1.807, 2.05) is 0 Å². The van der Waals surface area contributed by atoms with Gasteiger partial charge in [-0.15, -0.1) is 0 Å². The standard InChI is InChI=1S/C7H16N2O/c1-9(2)4-3-7-5-8-6-10-7/h7-8H,3-6H2,1-2H3. The van der Waals surface area contributed by atoms with Crippen LogP contribution in [0.2, 0.25) is 0 Å². The molecule has 0 spiro atoms. The maximum atomic E-state index is 5.37. The normalized spacial score (nSPS) is 26.1. The van der Waals surface area contributed by atoms with Crippen molar-refractivity contribution in [2.75, 3.05) is 33.9 Å². The van der Waals surface area contributed by atoms with Gasteiger partial charge in [0, 0.05) is 13.1 Å². The summed E-state index contributed by atoms with van der Waals surface area (Å²) in [5, 5.41) is 3.16. The van der Waals surface area contributed by atoms with E-state index in [9.17, 15) is 0 Å². The SMILES string of the molecule is CN(C)CCC1CNCO1. The maximum Gasteiger partial charge on any atom is 0.0970 e. The lowest BCUT2D eigenvalue weighted by Gasteiger charge is -2.12.